The first-order valence-electron chi connectivity index (χ1n) is 6.49. The third kappa shape index (κ3) is 5.61. The summed E-state index contributed by atoms with van der Waals surface area (Å²) >= 11 is 0. The predicted octanol–water partition coefficient (Wildman–Crippen LogP) is 2.71. The summed E-state index contributed by atoms with van der Waals surface area (Å²) in [5, 5.41) is 5.60. The van der Waals surface area contributed by atoms with Gasteiger partial charge in [-0.2, -0.15) is 13.2 Å². The lowest BCUT2D eigenvalue weighted by Gasteiger charge is -2.12. The van der Waals surface area contributed by atoms with Crippen molar-refractivity contribution in [3.8, 4) is 0 Å². The number of hydrogen-bond donors (Lipinski definition) is 2. The molecule has 6 heteroatoms. The van der Waals surface area contributed by atoms with Gasteiger partial charge in [-0.1, -0.05) is 19.1 Å². The number of alkyl halides is 3. The molecule has 2 N–H and O–H groups in total. The fourth-order valence-corrected chi connectivity index (χ4v) is 1.53. The quantitative estimate of drug-likeness (QED) is 0.845. The monoisotopic (exact) mass is 288 g/mol. The molecule has 20 heavy (non-hydrogen) atoms. The first-order chi connectivity index (χ1) is 9.32. The van der Waals surface area contributed by atoms with E-state index in [1.54, 1.807) is 6.07 Å². The Hall–Kier alpha value is -1.56. The number of benzene rings is 1. The molecule has 0 aliphatic carbocycles. The normalized spacial score (nSPS) is 13.1. The molecule has 1 unspecified atom stereocenters. The molecular formula is C14H19F3N2O. The van der Waals surface area contributed by atoms with Gasteiger partial charge in [0.1, 0.15) is 0 Å². The second-order valence-electron chi connectivity index (χ2n) is 4.67. The molecule has 112 valence electrons. The highest BCUT2D eigenvalue weighted by atomic mass is 19.4. The maximum Gasteiger partial charge on any atom is 0.416 e. The van der Waals surface area contributed by atoms with E-state index in [0.29, 0.717) is 5.56 Å². The maximum atomic E-state index is 12.5. The summed E-state index contributed by atoms with van der Waals surface area (Å²) < 4.78 is 37.6. The van der Waals surface area contributed by atoms with Gasteiger partial charge in [0.2, 0.25) is 5.91 Å². The van der Waals surface area contributed by atoms with Gasteiger partial charge in [-0.05, 0) is 31.0 Å². The molecule has 0 saturated heterocycles. The SMILES string of the molecule is CCC(C)NCC(=O)NCc1cccc(C(F)(F)F)c1. The minimum Gasteiger partial charge on any atom is -0.351 e. The van der Waals surface area contributed by atoms with E-state index in [0.717, 1.165) is 18.6 Å². The van der Waals surface area contributed by atoms with Crippen molar-refractivity contribution in [2.45, 2.75) is 39.0 Å². The molecular weight excluding hydrogens is 269 g/mol. The number of halogens is 3. The zero-order chi connectivity index (χ0) is 15.2. The standard InChI is InChI=1S/C14H19F3N2O/c1-3-10(2)18-9-13(20)19-8-11-5-4-6-12(7-11)14(15,16)17/h4-7,10,18H,3,8-9H2,1-2H3,(H,19,20). The van der Waals surface area contributed by atoms with Gasteiger partial charge in [0.15, 0.2) is 0 Å². The van der Waals surface area contributed by atoms with E-state index >= 15 is 0 Å². The maximum absolute atomic E-state index is 12.5. The van der Waals surface area contributed by atoms with Crippen LogP contribution in [0.25, 0.3) is 0 Å². The summed E-state index contributed by atoms with van der Waals surface area (Å²) in [6, 6.07) is 5.17. The van der Waals surface area contributed by atoms with E-state index in [1.807, 2.05) is 13.8 Å². The molecule has 1 amide bonds. The van der Waals surface area contributed by atoms with Crippen molar-refractivity contribution in [3.63, 3.8) is 0 Å². The molecule has 0 heterocycles. The Morgan fingerprint density at radius 1 is 1.35 bits per heavy atom. The molecule has 0 radical (unpaired) electrons. The van der Waals surface area contributed by atoms with Crippen molar-refractivity contribution in [2.75, 3.05) is 6.54 Å². The highest BCUT2D eigenvalue weighted by Crippen LogP contribution is 2.29. The van der Waals surface area contributed by atoms with Gasteiger partial charge >= 0.3 is 6.18 Å². The molecule has 0 saturated carbocycles. The van der Waals surface area contributed by atoms with E-state index in [9.17, 15) is 18.0 Å². The van der Waals surface area contributed by atoms with Crippen LogP contribution >= 0.6 is 0 Å². The lowest BCUT2D eigenvalue weighted by Crippen LogP contribution is -2.37. The number of carbonyl (C=O) groups excluding carboxylic acids is 1. The number of amides is 1. The minimum absolute atomic E-state index is 0.0882. The van der Waals surface area contributed by atoms with Gasteiger partial charge in [-0.25, -0.2) is 0 Å². The molecule has 0 aliphatic heterocycles. The van der Waals surface area contributed by atoms with Gasteiger partial charge in [0.05, 0.1) is 12.1 Å². The minimum atomic E-state index is -4.36. The Balaban J connectivity index is 2.48. The smallest absolute Gasteiger partial charge is 0.351 e. The summed E-state index contributed by atoms with van der Waals surface area (Å²) in [5.41, 5.74) is -0.279. The number of rotatable bonds is 6. The second-order valence-corrected chi connectivity index (χ2v) is 4.67. The molecule has 0 aromatic heterocycles. The van der Waals surface area contributed by atoms with Crippen molar-refractivity contribution in [3.05, 3.63) is 35.4 Å². The Kier molecular flexibility index (Phi) is 6.01. The molecule has 1 aromatic rings. The largest absolute Gasteiger partial charge is 0.416 e. The average Bonchev–Trinajstić information content (AvgIpc) is 2.41. The Labute approximate surface area is 116 Å². The van der Waals surface area contributed by atoms with Gasteiger partial charge < -0.3 is 10.6 Å². The van der Waals surface area contributed by atoms with Crippen LogP contribution in [0.1, 0.15) is 31.4 Å². The first-order valence-corrected chi connectivity index (χ1v) is 6.49. The summed E-state index contributed by atoms with van der Waals surface area (Å²) in [5.74, 6) is -0.234. The Morgan fingerprint density at radius 2 is 2.05 bits per heavy atom. The lowest BCUT2D eigenvalue weighted by atomic mass is 10.1. The molecule has 1 atom stereocenters. The van der Waals surface area contributed by atoms with Crippen LogP contribution in [0.2, 0.25) is 0 Å². The van der Waals surface area contributed by atoms with Crippen LogP contribution in [-0.4, -0.2) is 18.5 Å². The van der Waals surface area contributed by atoms with Crippen molar-refractivity contribution < 1.29 is 18.0 Å². The van der Waals surface area contributed by atoms with Crippen LogP contribution in [0, 0.1) is 0 Å². The Bertz CT molecular complexity index is 446. The zero-order valence-electron chi connectivity index (χ0n) is 11.6. The summed E-state index contributed by atoms with van der Waals surface area (Å²) in [6.07, 6.45) is -3.46. The molecule has 1 aromatic carbocycles. The number of carbonyl (C=O) groups is 1. The van der Waals surface area contributed by atoms with E-state index in [1.165, 1.54) is 6.07 Å². The second kappa shape index (κ2) is 7.28. The van der Waals surface area contributed by atoms with Crippen molar-refractivity contribution in [1.29, 1.82) is 0 Å². The Morgan fingerprint density at radius 3 is 2.65 bits per heavy atom. The van der Waals surface area contributed by atoms with Crippen LogP contribution in [0.3, 0.4) is 0 Å². The van der Waals surface area contributed by atoms with Crippen LogP contribution in [-0.2, 0) is 17.5 Å². The first kappa shape index (κ1) is 16.5. The predicted molar refractivity (Wildman–Crippen MR) is 71.0 cm³/mol. The molecule has 0 bridgehead atoms. The van der Waals surface area contributed by atoms with Gasteiger partial charge in [-0.15, -0.1) is 0 Å². The molecule has 0 fully saturated rings. The van der Waals surface area contributed by atoms with E-state index in [4.69, 9.17) is 0 Å². The molecule has 0 aliphatic rings. The van der Waals surface area contributed by atoms with Gasteiger partial charge in [-0.3, -0.25) is 4.79 Å². The molecule has 3 nitrogen and oxygen atoms in total. The average molecular weight is 288 g/mol. The van der Waals surface area contributed by atoms with Crippen molar-refractivity contribution in [2.24, 2.45) is 0 Å². The third-order valence-corrected chi connectivity index (χ3v) is 2.97. The summed E-state index contributed by atoms with van der Waals surface area (Å²) in [7, 11) is 0. The highest BCUT2D eigenvalue weighted by Gasteiger charge is 2.30. The molecule has 0 spiro atoms. The van der Waals surface area contributed by atoms with E-state index in [2.05, 4.69) is 10.6 Å². The van der Waals surface area contributed by atoms with E-state index < -0.39 is 11.7 Å². The van der Waals surface area contributed by atoms with Crippen LogP contribution in [0.15, 0.2) is 24.3 Å². The van der Waals surface area contributed by atoms with Gasteiger partial charge in [0, 0.05) is 12.6 Å². The lowest BCUT2D eigenvalue weighted by molar-refractivity contribution is -0.137. The summed E-state index contributed by atoms with van der Waals surface area (Å²) in [6.45, 7) is 4.21. The highest BCUT2D eigenvalue weighted by molar-refractivity contribution is 5.78. The summed E-state index contributed by atoms with van der Waals surface area (Å²) in [4.78, 5) is 11.5. The van der Waals surface area contributed by atoms with Crippen molar-refractivity contribution in [1.82, 2.24) is 10.6 Å². The fraction of sp³-hybridized carbons (Fsp3) is 0.500. The van der Waals surface area contributed by atoms with Crippen LogP contribution < -0.4 is 10.6 Å². The molecule has 1 rings (SSSR count). The number of hydrogen-bond acceptors (Lipinski definition) is 2. The number of nitrogens with one attached hydrogen (secondary N) is 2. The zero-order valence-corrected chi connectivity index (χ0v) is 11.6. The van der Waals surface area contributed by atoms with Crippen LogP contribution in [0.5, 0.6) is 0 Å². The van der Waals surface area contributed by atoms with Gasteiger partial charge in [0.25, 0.3) is 0 Å². The van der Waals surface area contributed by atoms with Crippen LogP contribution in [0.4, 0.5) is 13.2 Å². The van der Waals surface area contributed by atoms with Crippen molar-refractivity contribution >= 4 is 5.91 Å². The fourth-order valence-electron chi connectivity index (χ4n) is 1.53. The van der Waals surface area contributed by atoms with E-state index in [-0.39, 0.29) is 25.0 Å². The topological polar surface area (TPSA) is 41.1 Å². The third-order valence-electron chi connectivity index (χ3n) is 2.97.